The zero-order valence-corrected chi connectivity index (χ0v) is 86.7. The van der Waals surface area contributed by atoms with Gasteiger partial charge in [0.2, 0.25) is 0 Å². The van der Waals surface area contributed by atoms with E-state index in [9.17, 15) is 44.4 Å². The van der Waals surface area contributed by atoms with Crippen LogP contribution < -0.4 is 0 Å². The number of carbonyl (C=O) groups is 5. The number of unbranched alkanes of at least 4 members (excludes halogenated alkanes) is 18. The minimum absolute atomic E-state index is 0.355. The molecule has 128 heavy (non-hydrogen) atoms. The molecule has 6 rings (SSSR count). The fourth-order valence-electron chi connectivity index (χ4n) is 17.0. The van der Waals surface area contributed by atoms with E-state index >= 15 is 0 Å². The molecule has 0 radical (unpaired) electrons. The normalized spacial score (nSPS) is 13.1. The third-order valence-corrected chi connectivity index (χ3v) is 26.7. The Morgan fingerprint density at radius 1 is 0.203 bits per heavy atom. The highest BCUT2D eigenvalue weighted by Gasteiger charge is 2.49. The van der Waals surface area contributed by atoms with Crippen molar-refractivity contribution in [3.05, 3.63) is 177 Å². The van der Waals surface area contributed by atoms with Crippen LogP contribution >= 0.6 is 0 Å². The summed E-state index contributed by atoms with van der Waals surface area (Å²) in [6.45, 7) is 49.3. The molecule has 10 nitrogen and oxygen atoms in total. The van der Waals surface area contributed by atoms with Crippen molar-refractivity contribution in [2.45, 2.75) is 480 Å². The monoisotopic (exact) mass is 1770 g/mol. The molecule has 5 aromatic rings. The number of carboxylic acid groups (broad SMARTS) is 5. The van der Waals surface area contributed by atoms with E-state index in [0.29, 0.717) is 27.1 Å². The van der Waals surface area contributed by atoms with E-state index < -0.39 is 51.5 Å². The quantitative estimate of drug-likeness (QED) is 0.0235. The zero-order chi connectivity index (χ0) is 96.2. The van der Waals surface area contributed by atoms with Gasteiger partial charge in [0.15, 0.2) is 0 Å². The molecule has 0 aliphatic heterocycles. The van der Waals surface area contributed by atoms with Crippen LogP contribution in [0, 0.1) is 54.1 Å². The molecule has 10 heteroatoms. The van der Waals surface area contributed by atoms with Gasteiger partial charge in [-0.25, -0.2) is 0 Å². The van der Waals surface area contributed by atoms with Gasteiger partial charge in [-0.1, -0.05) is 341 Å². The smallest absolute Gasteiger partial charge is 0.309 e. The fourth-order valence-corrected chi connectivity index (χ4v) is 17.0. The largest absolute Gasteiger partial charge is 0.481 e. The van der Waals surface area contributed by atoms with Crippen LogP contribution in [0.5, 0.6) is 0 Å². The Balaban J connectivity index is 0.000000542. The molecule has 726 valence electrons. The summed E-state index contributed by atoms with van der Waals surface area (Å²) in [5, 5.41) is 46.0. The maximum atomic E-state index is 11.2. The number of aliphatic carboxylic acids is 5. The molecule has 0 atom stereocenters. The second kappa shape index (κ2) is 60.6. The van der Waals surface area contributed by atoms with Crippen molar-refractivity contribution in [3.8, 4) is 0 Å². The molecule has 0 bridgehead atoms. The van der Waals surface area contributed by atoms with Crippen molar-refractivity contribution < 1.29 is 49.5 Å². The predicted molar refractivity (Wildman–Crippen MR) is 547 cm³/mol. The van der Waals surface area contributed by atoms with E-state index in [1.165, 1.54) is 216 Å². The summed E-state index contributed by atoms with van der Waals surface area (Å²) >= 11 is 0. The Labute approximate surface area is 786 Å². The summed E-state index contributed by atoms with van der Waals surface area (Å²) in [7, 11) is 0. The third-order valence-electron chi connectivity index (χ3n) is 26.7. The Hall–Kier alpha value is -6.55. The lowest BCUT2D eigenvalue weighted by Gasteiger charge is -2.19. The van der Waals surface area contributed by atoms with Crippen molar-refractivity contribution in [1.82, 2.24) is 0 Å². The lowest BCUT2D eigenvalue weighted by atomic mass is 9.86. The number of aryl methyl sites for hydroxylation is 10. The van der Waals surface area contributed by atoms with Crippen LogP contribution in [0.3, 0.4) is 0 Å². The van der Waals surface area contributed by atoms with Gasteiger partial charge in [0, 0.05) is 0 Å². The Morgan fingerprint density at radius 2 is 0.336 bits per heavy atom. The number of carboxylic acids is 5. The van der Waals surface area contributed by atoms with Gasteiger partial charge in [0.05, 0.1) is 27.1 Å². The van der Waals surface area contributed by atoms with Crippen molar-refractivity contribution in [2.75, 3.05) is 0 Å². The Bertz CT molecular complexity index is 3750. The van der Waals surface area contributed by atoms with Gasteiger partial charge in [0.1, 0.15) is 0 Å². The van der Waals surface area contributed by atoms with E-state index in [4.69, 9.17) is 5.11 Å². The maximum Gasteiger partial charge on any atom is 0.309 e. The SMILES string of the molecule is CC(C)(C)CCCCCCc1ccccc1CCCCCC(C)(C)C(=O)O.CC(C)(C)CCCCCCc1ccccc1CCCCCCC(C)(C)C(=O)O.CC(C)(C)CCCCc1ccccc1CCCCC(C)(C)C(=O)O.CC(C)(C)CCCCc1ccccc1CCCCC1(C(=O)O)CC1.CC(C)(C)CCCCc1ccccc1CCCCCC(C)(C)C(=O)O. The van der Waals surface area contributed by atoms with E-state index in [0.717, 1.165) is 161 Å². The average molecular weight is 1770 g/mol. The van der Waals surface area contributed by atoms with Crippen LogP contribution in [0.4, 0.5) is 0 Å². The first kappa shape index (κ1) is 118. The lowest BCUT2D eigenvalue weighted by Crippen LogP contribution is -2.23. The molecule has 0 unspecified atom stereocenters. The summed E-state index contributed by atoms with van der Waals surface area (Å²) in [6.07, 6.45) is 57.1. The molecular formula is C118H194O10. The summed E-state index contributed by atoms with van der Waals surface area (Å²) in [5.41, 5.74) is 14.4. The Kier molecular flexibility index (Phi) is 55.6. The number of benzene rings is 5. The van der Waals surface area contributed by atoms with Gasteiger partial charge in [-0.15, -0.1) is 0 Å². The van der Waals surface area contributed by atoms with Crippen molar-refractivity contribution in [3.63, 3.8) is 0 Å². The average Bonchev–Trinajstić information content (AvgIpc) is 1.65. The van der Waals surface area contributed by atoms with Crippen LogP contribution in [-0.4, -0.2) is 55.4 Å². The van der Waals surface area contributed by atoms with E-state index in [1.807, 2.05) is 55.4 Å². The summed E-state index contributed by atoms with van der Waals surface area (Å²) < 4.78 is 0. The molecular weight excluding hydrogens is 1580 g/mol. The summed E-state index contributed by atoms with van der Waals surface area (Å²) in [4.78, 5) is 55.8. The molecule has 1 aliphatic rings. The first-order valence-corrected chi connectivity index (χ1v) is 51.3. The summed E-state index contributed by atoms with van der Waals surface area (Å²) in [5.74, 6) is -3.33. The number of hydrogen-bond donors (Lipinski definition) is 5. The molecule has 5 aromatic carbocycles. The minimum atomic E-state index is -0.693. The number of rotatable bonds is 58. The van der Waals surface area contributed by atoms with E-state index in [2.05, 4.69) is 225 Å². The standard InChI is InChI=1S/C26H44O2.C25H42O2.C23H38O2.C22H34O2.C22H36O2/c1-25(2,3)20-14-8-6-10-16-22-18-12-13-19-23(22)17-11-7-9-15-21-26(4,5)24(27)28;1-24(2,3)19-13-7-6-9-15-21-17-11-12-18-22(21)16-10-8-14-20-25(4,5)23(26)27;1-22(2,3)17-12-10-16-20-15-9-8-14-19(20)13-7-6-11-18-23(4,5)21(24)25;1-21(2,3)14-8-6-12-18-10-4-5-11-19(18)13-7-9-15-22(16-17-22)20(23)24;1-21(2,3)16-10-8-14-18-12-6-7-13-19(18)15-9-11-17-22(4,5)20(23)24/h12-13,18-19H,6-11,14-17,20-21H2,1-5H3,(H,27,28);11-12,17-18H,6-10,13-16,19-20H2,1-5H3,(H,26,27);8-9,14-15H,6-7,10-13,16-18H2,1-5H3,(H,24,25);4-5,10-11H,6-9,12-17H2,1-3H3,(H,23,24);6-7,12-13H,8-11,14-17H2,1-5H3,(H,23,24). The van der Waals surface area contributed by atoms with Gasteiger partial charge in [-0.2, -0.15) is 0 Å². The molecule has 0 amide bonds. The first-order valence-electron chi connectivity index (χ1n) is 51.3. The van der Waals surface area contributed by atoms with Crippen molar-refractivity contribution in [1.29, 1.82) is 0 Å². The van der Waals surface area contributed by atoms with Crippen LogP contribution in [0.25, 0.3) is 0 Å². The topological polar surface area (TPSA) is 186 Å². The van der Waals surface area contributed by atoms with Crippen LogP contribution in [0.2, 0.25) is 0 Å². The highest BCUT2D eigenvalue weighted by Crippen LogP contribution is 2.50. The fraction of sp³-hybridized carbons (Fsp3) is 0.703. The predicted octanol–water partition coefficient (Wildman–Crippen LogP) is 34.2. The number of hydrogen-bond acceptors (Lipinski definition) is 5. The Morgan fingerprint density at radius 3 is 0.492 bits per heavy atom. The molecule has 0 heterocycles. The molecule has 1 fully saturated rings. The van der Waals surface area contributed by atoms with Gasteiger partial charge in [0.25, 0.3) is 0 Å². The molecule has 1 saturated carbocycles. The van der Waals surface area contributed by atoms with E-state index in [-0.39, 0.29) is 5.41 Å². The second-order valence-electron chi connectivity index (χ2n) is 47.4. The minimum Gasteiger partial charge on any atom is -0.481 e. The summed E-state index contributed by atoms with van der Waals surface area (Å²) in [6, 6.07) is 44.2. The van der Waals surface area contributed by atoms with Crippen LogP contribution in [0.15, 0.2) is 121 Å². The highest BCUT2D eigenvalue weighted by atomic mass is 16.4. The third kappa shape index (κ3) is 57.0. The highest BCUT2D eigenvalue weighted by molar-refractivity contribution is 5.77. The molecule has 1 aliphatic carbocycles. The van der Waals surface area contributed by atoms with Crippen LogP contribution in [-0.2, 0) is 88.2 Å². The van der Waals surface area contributed by atoms with Gasteiger partial charge < -0.3 is 25.5 Å². The molecule has 0 spiro atoms. The van der Waals surface area contributed by atoms with Crippen molar-refractivity contribution >= 4 is 29.8 Å². The van der Waals surface area contributed by atoms with Crippen LogP contribution in [0.1, 0.15) is 472 Å². The first-order chi connectivity index (χ1) is 59.8. The molecule has 0 saturated heterocycles. The lowest BCUT2D eigenvalue weighted by molar-refractivity contribution is -0.148. The second-order valence-corrected chi connectivity index (χ2v) is 47.4. The van der Waals surface area contributed by atoms with Gasteiger partial charge >= 0.3 is 29.8 Å². The van der Waals surface area contributed by atoms with Gasteiger partial charge in [-0.05, 0) is 344 Å². The molecule has 0 aromatic heterocycles. The maximum absolute atomic E-state index is 11.2. The zero-order valence-electron chi connectivity index (χ0n) is 86.7. The van der Waals surface area contributed by atoms with E-state index in [1.54, 1.807) is 0 Å². The van der Waals surface area contributed by atoms with Crippen molar-refractivity contribution in [2.24, 2.45) is 54.1 Å². The van der Waals surface area contributed by atoms with Gasteiger partial charge in [-0.3, -0.25) is 24.0 Å². The molecule has 5 N–H and O–H groups in total.